The van der Waals surface area contributed by atoms with Crippen LogP contribution in [0.4, 0.5) is 0 Å². The van der Waals surface area contributed by atoms with Gasteiger partial charge in [0.15, 0.2) is 0 Å². The van der Waals surface area contributed by atoms with E-state index in [0.29, 0.717) is 18.4 Å². The first kappa shape index (κ1) is 19.2. The van der Waals surface area contributed by atoms with Gasteiger partial charge in [0.25, 0.3) is 0 Å². The first-order valence-electron chi connectivity index (χ1n) is 10.1. The second kappa shape index (κ2) is 8.05. The molecule has 2 fully saturated rings. The van der Waals surface area contributed by atoms with Crippen LogP contribution in [0.15, 0.2) is 36.8 Å². The number of hydrogen-bond acceptors (Lipinski definition) is 4. The van der Waals surface area contributed by atoms with Crippen molar-refractivity contribution in [1.82, 2.24) is 19.4 Å². The van der Waals surface area contributed by atoms with Crippen LogP contribution in [0.3, 0.4) is 0 Å². The summed E-state index contributed by atoms with van der Waals surface area (Å²) in [6.45, 7) is 9.19. The molecule has 6 heteroatoms. The predicted molar refractivity (Wildman–Crippen MR) is 108 cm³/mol. The monoisotopic (exact) mass is 382 g/mol. The maximum Gasteiger partial charge on any atom is 0.219 e. The van der Waals surface area contributed by atoms with Gasteiger partial charge in [-0.05, 0) is 24.0 Å². The Kier molecular flexibility index (Phi) is 5.51. The standard InChI is InChI=1S/C22H30N4O2/c1-16-6-4-5-7-20(16)22-21-14-24(11-18(21)12-26(22)17(2)27)13-19-10-23-15-25(19)8-9-28-3/h4-7,10,15,18,21-22H,8-9,11-14H2,1-3H3/t18-,21-,22-/m1/s1. The van der Waals surface area contributed by atoms with E-state index < -0.39 is 0 Å². The molecule has 2 aromatic rings. The highest BCUT2D eigenvalue weighted by Crippen LogP contribution is 2.46. The van der Waals surface area contributed by atoms with Gasteiger partial charge in [0, 0.05) is 58.9 Å². The third kappa shape index (κ3) is 3.59. The number of fused-ring (bicyclic) bond motifs is 1. The van der Waals surface area contributed by atoms with Gasteiger partial charge in [-0.2, -0.15) is 0 Å². The summed E-state index contributed by atoms with van der Waals surface area (Å²) >= 11 is 0. The molecule has 6 nitrogen and oxygen atoms in total. The van der Waals surface area contributed by atoms with E-state index in [2.05, 4.69) is 50.5 Å². The van der Waals surface area contributed by atoms with Crippen molar-refractivity contribution >= 4 is 5.91 Å². The zero-order valence-electron chi connectivity index (χ0n) is 17.0. The van der Waals surface area contributed by atoms with E-state index in [1.165, 1.54) is 16.8 Å². The number of aryl methyl sites for hydroxylation is 1. The van der Waals surface area contributed by atoms with Crippen LogP contribution in [-0.2, 0) is 22.6 Å². The lowest BCUT2D eigenvalue weighted by Crippen LogP contribution is -2.34. The molecule has 0 unspecified atom stereocenters. The molecule has 1 aromatic heterocycles. The summed E-state index contributed by atoms with van der Waals surface area (Å²) in [5, 5.41) is 0. The Labute approximate surface area is 167 Å². The van der Waals surface area contributed by atoms with Gasteiger partial charge in [-0.15, -0.1) is 0 Å². The molecule has 4 rings (SSSR count). The Hall–Kier alpha value is -2.18. The van der Waals surface area contributed by atoms with E-state index in [-0.39, 0.29) is 11.9 Å². The van der Waals surface area contributed by atoms with E-state index in [1.54, 1.807) is 14.0 Å². The smallest absolute Gasteiger partial charge is 0.219 e. The second-order valence-electron chi connectivity index (χ2n) is 8.16. The van der Waals surface area contributed by atoms with E-state index in [0.717, 1.165) is 32.7 Å². The summed E-state index contributed by atoms with van der Waals surface area (Å²) in [7, 11) is 1.73. The molecule has 0 bridgehead atoms. The van der Waals surface area contributed by atoms with Crippen molar-refractivity contribution in [2.24, 2.45) is 11.8 Å². The Morgan fingerprint density at radius 2 is 2.07 bits per heavy atom. The Morgan fingerprint density at radius 1 is 1.25 bits per heavy atom. The molecule has 0 N–H and O–H groups in total. The fraction of sp³-hybridized carbons (Fsp3) is 0.545. The third-order valence-corrected chi connectivity index (χ3v) is 6.37. The number of aromatic nitrogens is 2. The highest BCUT2D eigenvalue weighted by Gasteiger charge is 2.48. The van der Waals surface area contributed by atoms with Crippen molar-refractivity contribution in [1.29, 1.82) is 0 Å². The fourth-order valence-corrected chi connectivity index (χ4v) is 5.01. The Balaban J connectivity index is 1.51. The zero-order chi connectivity index (χ0) is 19.7. The van der Waals surface area contributed by atoms with Gasteiger partial charge in [-0.1, -0.05) is 24.3 Å². The quantitative estimate of drug-likeness (QED) is 0.770. The molecule has 0 aliphatic carbocycles. The number of carbonyl (C=O) groups excluding carboxylic acids is 1. The number of likely N-dealkylation sites (tertiary alicyclic amines) is 2. The van der Waals surface area contributed by atoms with E-state index in [9.17, 15) is 4.79 Å². The van der Waals surface area contributed by atoms with Gasteiger partial charge >= 0.3 is 0 Å². The van der Waals surface area contributed by atoms with Crippen LogP contribution < -0.4 is 0 Å². The predicted octanol–water partition coefficient (Wildman–Crippen LogP) is 2.49. The van der Waals surface area contributed by atoms with Crippen LogP contribution in [0.2, 0.25) is 0 Å². The molecule has 2 aliphatic rings. The highest BCUT2D eigenvalue weighted by atomic mass is 16.5. The van der Waals surface area contributed by atoms with Crippen LogP contribution in [-0.4, -0.2) is 58.6 Å². The SMILES string of the molecule is COCCn1cncc1CN1C[C@@H]2CN(C(C)=O)[C@H](c3ccccc3C)[C@@H]2C1. The third-order valence-electron chi connectivity index (χ3n) is 6.37. The summed E-state index contributed by atoms with van der Waals surface area (Å²) < 4.78 is 7.39. The maximum atomic E-state index is 12.3. The van der Waals surface area contributed by atoms with Gasteiger partial charge in [0.2, 0.25) is 5.91 Å². The topological polar surface area (TPSA) is 50.6 Å². The fourth-order valence-electron chi connectivity index (χ4n) is 5.01. The van der Waals surface area contributed by atoms with Crippen molar-refractivity contribution in [3.8, 4) is 0 Å². The number of hydrogen-bond donors (Lipinski definition) is 0. The van der Waals surface area contributed by atoms with Crippen molar-refractivity contribution in [2.45, 2.75) is 33.0 Å². The maximum absolute atomic E-state index is 12.3. The number of methoxy groups -OCH3 is 1. The molecule has 2 aliphatic heterocycles. The summed E-state index contributed by atoms with van der Waals surface area (Å²) in [5.74, 6) is 1.20. The molecule has 3 heterocycles. The Bertz CT molecular complexity index is 833. The van der Waals surface area contributed by atoms with Crippen LogP contribution in [0.25, 0.3) is 0 Å². The van der Waals surface area contributed by atoms with Crippen molar-refractivity contribution in [2.75, 3.05) is 33.4 Å². The van der Waals surface area contributed by atoms with Gasteiger partial charge in [0.1, 0.15) is 0 Å². The summed E-state index contributed by atoms with van der Waals surface area (Å²) in [5.41, 5.74) is 3.81. The largest absolute Gasteiger partial charge is 0.383 e. The van der Waals surface area contributed by atoms with Crippen LogP contribution in [0.1, 0.15) is 29.8 Å². The van der Waals surface area contributed by atoms with Crippen LogP contribution in [0, 0.1) is 18.8 Å². The molecular weight excluding hydrogens is 352 g/mol. The Morgan fingerprint density at radius 3 is 2.82 bits per heavy atom. The number of amides is 1. The minimum Gasteiger partial charge on any atom is -0.383 e. The lowest BCUT2D eigenvalue weighted by Gasteiger charge is -2.30. The molecule has 0 radical (unpaired) electrons. The normalized spacial score (nSPS) is 24.7. The van der Waals surface area contributed by atoms with Crippen LogP contribution in [0.5, 0.6) is 0 Å². The molecule has 28 heavy (non-hydrogen) atoms. The van der Waals surface area contributed by atoms with Gasteiger partial charge in [0.05, 0.1) is 24.7 Å². The summed E-state index contributed by atoms with van der Waals surface area (Å²) in [6, 6.07) is 8.70. The average Bonchev–Trinajstić information content (AvgIpc) is 3.35. The number of ether oxygens (including phenoxy) is 1. The zero-order valence-corrected chi connectivity index (χ0v) is 17.0. The van der Waals surface area contributed by atoms with E-state index >= 15 is 0 Å². The van der Waals surface area contributed by atoms with Crippen molar-refractivity contribution in [3.63, 3.8) is 0 Å². The highest BCUT2D eigenvalue weighted by molar-refractivity contribution is 5.74. The first-order chi connectivity index (χ1) is 13.6. The number of imidazole rings is 1. The van der Waals surface area contributed by atoms with Crippen molar-refractivity contribution < 1.29 is 9.53 Å². The molecular formula is C22H30N4O2. The van der Waals surface area contributed by atoms with Crippen LogP contribution >= 0.6 is 0 Å². The average molecular weight is 383 g/mol. The molecule has 2 saturated heterocycles. The minimum atomic E-state index is 0.187. The van der Waals surface area contributed by atoms with Gasteiger partial charge in [-0.3, -0.25) is 9.69 Å². The molecule has 0 saturated carbocycles. The molecule has 1 aromatic carbocycles. The van der Waals surface area contributed by atoms with E-state index in [1.807, 2.05) is 12.5 Å². The van der Waals surface area contributed by atoms with Gasteiger partial charge in [-0.25, -0.2) is 4.98 Å². The molecule has 3 atom stereocenters. The lowest BCUT2D eigenvalue weighted by molar-refractivity contribution is -0.130. The lowest BCUT2D eigenvalue weighted by atomic mass is 9.87. The molecule has 150 valence electrons. The number of benzene rings is 1. The van der Waals surface area contributed by atoms with Crippen molar-refractivity contribution in [3.05, 3.63) is 53.6 Å². The number of rotatable bonds is 6. The van der Waals surface area contributed by atoms with Gasteiger partial charge < -0.3 is 14.2 Å². The minimum absolute atomic E-state index is 0.187. The second-order valence-corrected chi connectivity index (χ2v) is 8.16. The number of nitrogens with zero attached hydrogens (tertiary/aromatic N) is 4. The summed E-state index contributed by atoms with van der Waals surface area (Å²) in [6.07, 6.45) is 3.85. The first-order valence-corrected chi connectivity index (χ1v) is 10.1. The summed E-state index contributed by atoms with van der Waals surface area (Å²) in [4.78, 5) is 21.3. The molecule has 1 amide bonds. The number of carbonyl (C=O) groups is 1. The van der Waals surface area contributed by atoms with E-state index in [4.69, 9.17) is 4.74 Å². The molecule has 0 spiro atoms.